The summed E-state index contributed by atoms with van der Waals surface area (Å²) in [6.45, 7) is 0.364. The Morgan fingerprint density at radius 3 is 2.00 bits per heavy atom. The molecule has 154 valence electrons. The van der Waals surface area contributed by atoms with Crippen molar-refractivity contribution in [1.82, 2.24) is 4.90 Å². The molecule has 2 aromatic rings. The minimum Gasteiger partial charge on any atom is -0.399 e. The Labute approximate surface area is 170 Å². The topological polar surface area (TPSA) is 116 Å². The number of β-amino-alcohol motifs (C(OH)–C–C–N with tert-alkyl or cyclic N) is 2. The number of nitrogens with two attached hydrogens (primary N) is 1. The van der Waals surface area contributed by atoms with E-state index in [4.69, 9.17) is 5.73 Å². The number of nitrogen functional groups attached to an aromatic ring is 1. The fraction of sp³-hybridized carbons (Fsp3) is 0.364. The number of likely N-dealkylation sites (tertiary alicyclic amines) is 1. The maximum Gasteiger partial charge on any atom is 0.224 e. The Morgan fingerprint density at radius 2 is 1.41 bits per heavy atom. The van der Waals surface area contributed by atoms with Gasteiger partial charge in [0.1, 0.15) is 0 Å². The molecule has 0 aliphatic carbocycles. The number of carbonyl (C=O) groups excluding carboxylic acids is 2. The zero-order valence-electron chi connectivity index (χ0n) is 16.3. The number of amides is 2. The number of hydrogen-bond acceptors (Lipinski definition) is 5. The van der Waals surface area contributed by atoms with Crippen LogP contribution in [0.25, 0.3) is 0 Å². The van der Waals surface area contributed by atoms with Crippen molar-refractivity contribution in [2.75, 3.05) is 24.1 Å². The van der Waals surface area contributed by atoms with Gasteiger partial charge < -0.3 is 26.2 Å². The predicted molar refractivity (Wildman–Crippen MR) is 111 cm³/mol. The second kappa shape index (κ2) is 9.54. The van der Waals surface area contributed by atoms with E-state index < -0.39 is 12.2 Å². The van der Waals surface area contributed by atoms with Gasteiger partial charge in [0.2, 0.25) is 11.8 Å². The highest BCUT2D eigenvalue weighted by molar-refractivity contribution is 5.90. The van der Waals surface area contributed by atoms with Crippen molar-refractivity contribution in [3.63, 3.8) is 0 Å². The van der Waals surface area contributed by atoms with Crippen LogP contribution in [0.1, 0.15) is 24.0 Å². The molecule has 7 heteroatoms. The Bertz CT molecular complexity index is 826. The summed E-state index contributed by atoms with van der Waals surface area (Å²) in [6, 6.07) is 14.9. The van der Waals surface area contributed by atoms with Gasteiger partial charge >= 0.3 is 0 Å². The maximum absolute atomic E-state index is 12.2. The van der Waals surface area contributed by atoms with Crippen LogP contribution in [0.15, 0.2) is 48.5 Å². The van der Waals surface area contributed by atoms with Crippen LogP contribution in [0.5, 0.6) is 0 Å². The largest absolute Gasteiger partial charge is 0.399 e. The van der Waals surface area contributed by atoms with Gasteiger partial charge in [0.05, 0.1) is 12.2 Å². The van der Waals surface area contributed by atoms with Gasteiger partial charge in [-0.25, -0.2) is 0 Å². The van der Waals surface area contributed by atoms with Crippen molar-refractivity contribution in [3.8, 4) is 0 Å². The monoisotopic (exact) mass is 397 g/mol. The Kier molecular flexibility index (Phi) is 6.85. The van der Waals surface area contributed by atoms with Gasteiger partial charge in [-0.15, -0.1) is 0 Å². The van der Waals surface area contributed by atoms with Gasteiger partial charge in [-0.1, -0.05) is 24.3 Å². The molecule has 7 nitrogen and oxygen atoms in total. The molecule has 2 amide bonds. The summed E-state index contributed by atoms with van der Waals surface area (Å²) in [5.41, 5.74) is 9.12. The van der Waals surface area contributed by atoms with Gasteiger partial charge in [0, 0.05) is 37.3 Å². The quantitative estimate of drug-likeness (QED) is 0.526. The van der Waals surface area contributed by atoms with E-state index in [0.717, 1.165) is 11.1 Å². The minimum atomic E-state index is -0.859. The average molecular weight is 397 g/mol. The van der Waals surface area contributed by atoms with Crippen molar-refractivity contribution < 1.29 is 19.8 Å². The third-order valence-electron chi connectivity index (χ3n) is 5.10. The molecule has 2 atom stereocenters. The maximum atomic E-state index is 12.2. The van der Waals surface area contributed by atoms with E-state index in [-0.39, 0.29) is 24.9 Å². The summed E-state index contributed by atoms with van der Waals surface area (Å²) in [7, 11) is 0. The van der Waals surface area contributed by atoms with E-state index in [0.29, 0.717) is 37.1 Å². The highest BCUT2D eigenvalue weighted by Gasteiger charge is 2.32. The summed E-state index contributed by atoms with van der Waals surface area (Å²) in [4.78, 5) is 25.8. The van der Waals surface area contributed by atoms with Crippen LogP contribution >= 0.6 is 0 Å². The number of aryl methyl sites for hydroxylation is 2. The molecule has 1 aliphatic heterocycles. The van der Waals surface area contributed by atoms with Crippen molar-refractivity contribution in [2.24, 2.45) is 0 Å². The summed E-state index contributed by atoms with van der Waals surface area (Å²) in [5.74, 6) is -0.142. The summed E-state index contributed by atoms with van der Waals surface area (Å²) < 4.78 is 0. The van der Waals surface area contributed by atoms with Crippen molar-refractivity contribution >= 4 is 23.2 Å². The second-order valence-electron chi connectivity index (χ2n) is 7.42. The van der Waals surface area contributed by atoms with Crippen LogP contribution in [0.3, 0.4) is 0 Å². The molecular formula is C22H27N3O4. The highest BCUT2D eigenvalue weighted by atomic mass is 16.3. The third kappa shape index (κ3) is 6.04. The molecule has 0 radical (unpaired) electrons. The van der Waals surface area contributed by atoms with Gasteiger partial charge in [0.15, 0.2) is 0 Å². The average Bonchev–Trinajstić information content (AvgIpc) is 3.05. The summed E-state index contributed by atoms with van der Waals surface area (Å²) in [5, 5.41) is 21.9. The molecular weight excluding hydrogens is 370 g/mol. The smallest absolute Gasteiger partial charge is 0.224 e. The number of hydrogen-bond donors (Lipinski definition) is 4. The van der Waals surface area contributed by atoms with E-state index in [2.05, 4.69) is 5.32 Å². The molecule has 2 aromatic carbocycles. The van der Waals surface area contributed by atoms with Gasteiger partial charge in [-0.05, 0) is 48.2 Å². The third-order valence-corrected chi connectivity index (χ3v) is 5.10. The van der Waals surface area contributed by atoms with Crippen LogP contribution < -0.4 is 11.1 Å². The van der Waals surface area contributed by atoms with E-state index in [1.54, 1.807) is 0 Å². The Morgan fingerprint density at radius 1 is 0.897 bits per heavy atom. The lowest BCUT2D eigenvalue weighted by molar-refractivity contribution is -0.130. The fourth-order valence-electron chi connectivity index (χ4n) is 3.30. The SMILES string of the molecule is Nc1ccc(CCC(=O)Nc2ccc(CCC(=O)N3C[C@H](O)[C@@H](O)C3)cc2)cc1. The Balaban J connectivity index is 1.41. The number of nitrogens with one attached hydrogen (secondary N) is 1. The molecule has 1 aliphatic rings. The van der Waals surface area contributed by atoms with E-state index >= 15 is 0 Å². The van der Waals surface area contributed by atoms with Crippen LogP contribution in [0, 0.1) is 0 Å². The fourth-order valence-corrected chi connectivity index (χ4v) is 3.30. The molecule has 0 spiro atoms. The lowest BCUT2D eigenvalue weighted by atomic mass is 10.1. The van der Waals surface area contributed by atoms with Crippen molar-refractivity contribution in [2.45, 2.75) is 37.9 Å². The molecule has 1 saturated heterocycles. The van der Waals surface area contributed by atoms with Crippen LogP contribution in [-0.2, 0) is 22.4 Å². The second-order valence-corrected chi connectivity index (χ2v) is 7.42. The van der Waals surface area contributed by atoms with Gasteiger partial charge in [-0.3, -0.25) is 9.59 Å². The summed E-state index contributed by atoms with van der Waals surface area (Å²) >= 11 is 0. The molecule has 1 fully saturated rings. The molecule has 0 bridgehead atoms. The number of aliphatic hydroxyl groups is 2. The van der Waals surface area contributed by atoms with Crippen molar-refractivity contribution in [1.29, 1.82) is 0 Å². The first-order chi connectivity index (χ1) is 13.9. The first-order valence-electron chi connectivity index (χ1n) is 9.78. The normalized spacial score (nSPS) is 18.6. The number of anilines is 2. The lowest BCUT2D eigenvalue weighted by Gasteiger charge is -2.15. The van der Waals surface area contributed by atoms with Crippen LogP contribution in [0.2, 0.25) is 0 Å². The molecule has 1 heterocycles. The molecule has 0 aromatic heterocycles. The van der Waals surface area contributed by atoms with E-state index in [1.165, 1.54) is 4.90 Å². The number of nitrogens with zero attached hydrogens (tertiary/aromatic N) is 1. The molecule has 0 saturated carbocycles. The van der Waals surface area contributed by atoms with E-state index in [9.17, 15) is 19.8 Å². The standard InChI is InChI=1S/C22H27N3O4/c23-17-7-1-15(2-8-17)5-11-21(28)24-18-9-3-16(4-10-18)6-12-22(29)25-13-19(26)20(27)14-25/h1-4,7-10,19-20,26-27H,5-6,11-14,23H2,(H,24,28)/t19-,20-/m0/s1. The predicted octanol–water partition coefficient (Wildman–Crippen LogP) is 1.34. The number of benzene rings is 2. The molecule has 0 unspecified atom stereocenters. The van der Waals surface area contributed by atoms with Gasteiger partial charge in [-0.2, -0.15) is 0 Å². The number of aliphatic hydroxyl groups excluding tert-OH is 2. The molecule has 29 heavy (non-hydrogen) atoms. The van der Waals surface area contributed by atoms with Crippen LogP contribution in [0.4, 0.5) is 11.4 Å². The first kappa shape index (κ1) is 20.8. The molecule has 3 rings (SSSR count). The number of carbonyl (C=O) groups is 2. The minimum absolute atomic E-state index is 0.0594. The first-order valence-corrected chi connectivity index (χ1v) is 9.78. The lowest BCUT2D eigenvalue weighted by Crippen LogP contribution is -2.29. The van der Waals surface area contributed by atoms with Gasteiger partial charge in [0.25, 0.3) is 0 Å². The zero-order chi connectivity index (χ0) is 20.8. The Hall–Kier alpha value is -2.90. The molecule has 5 N–H and O–H groups in total. The highest BCUT2D eigenvalue weighted by Crippen LogP contribution is 2.15. The van der Waals surface area contributed by atoms with Crippen LogP contribution in [-0.4, -0.2) is 52.2 Å². The van der Waals surface area contributed by atoms with Crippen molar-refractivity contribution in [3.05, 3.63) is 59.7 Å². The van der Waals surface area contributed by atoms with E-state index in [1.807, 2.05) is 48.5 Å². The summed E-state index contributed by atoms with van der Waals surface area (Å²) in [6.07, 6.45) is 0.184. The zero-order valence-corrected chi connectivity index (χ0v) is 16.3. The number of rotatable bonds is 7.